The highest BCUT2D eigenvalue weighted by molar-refractivity contribution is 5.80. The molecular formula is C18H21N3. The molecule has 0 saturated heterocycles. The molecule has 0 aliphatic carbocycles. The Morgan fingerprint density at radius 2 is 1.81 bits per heavy atom. The van der Waals surface area contributed by atoms with Gasteiger partial charge in [0.25, 0.3) is 0 Å². The van der Waals surface area contributed by atoms with Crippen molar-refractivity contribution in [2.45, 2.75) is 32.9 Å². The zero-order chi connectivity index (χ0) is 14.7. The summed E-state index contributed by atoms with van der Waals surface area (Å²) in [5, 5.41) is 0. The Morgan fingerprint density at radius 3 is 2.52 bits per heavy atom. The summed E-state index contributed by atoms with van der Waals surface area (Å²) in [4.78, 5) is 4.82. The van der Waals surface area contributed by atoms with Gasteiger partial charge < -0.3 is 10.3 Å². The molecular weight excluding hydrogens is 258 g/mol. The van der Waals surface area contributed by atoms with Crippen molar-refractivity contribution >= 4 is 11.0 Å². The molecule has 0 saturated carbocycles. The number of imidazole rings is 1. The highest BCUT2D eigenvalue weighted by atomic mass is 15.1. The minimum Gasteiger partial charge on any atom is -0.326 e. The third-order valence-electron chi connectivity index (χ3n) is 3.84. The molecule has 0 atom stereocenters. The average molecular weight is 279 g/mol. The van der Waals surface area contributed by atoms with Crippen LogP contribution in [0.3, 0.4) is 0 Å². The molecule has 0 unspecified atom stereocenters. The first-order chi connectivity index (χ1) is 10.3. The van der Waals surface area contributed by atoms with Gasteiger partial charge in [-0.25, -0.2) is 4.98 Å². The molecule has 3 heteroatoms. The lowest BCUT2D eigenvalue weighted by atomic mass is 10.1. The number of fused-ring (bicyclic) bond motifs is 1. The van der Waals surface area contributed by atoms with Crippen molar-refractivity contribution in [3.8, 4) is 11.4 Å². The summed E-state index contributed by atoms with van der Waals surface area (Å²) in [6, 6.07) is 16.7. The first-order valence-electron chi connectivity index (χ1n) is 7.58. The standard InChI is InChI=1S/C18H21N3/c1-2-3-12-21-17-7-5-4-6-16(17)20-18(21)15-10-8-14(13-19)9-11-15/h4-11H,2-3,12-13,19H2,1H3. The number of aryl methyl sites for hydroxylation is 1. The molecule has 1 aromatic heterocycles. The third-order valence-corrected chi connectivity index (χ3v) is 3.84. The van der Waals surface area contributed by atoms with Crippen molar-refractivity contribution in [1.29, 1.82) is 0 Å². The largest absolute Gasteiger partial charge is 0.326 e. The minimum atomic E-state index is 0.576. The van der Waals surface area contributed by atoms with Crippen molar-refractivity contribution < 1.29 is 0 Å². The molecule has 2 N–H and O–H groups in total. The molecule has 0 fully saturated rings. The fourth-order valence-electron chi connectivity index (χ4n) is 2.63. The van der Waals surface area contributed by atoms with Crippen LogP contribution in [0.2, 0.25) is 0 Å². The Kier molecular flexibility index (Phi) is 4.02. The Labute approximate surface area is 125 Å². The first kappa shape index (κ1) is 13.8. The van der Waals surface area contributed by atoms with Crippen molar-refractivity contribution in [1.82, 2.24) is 9.55 Å². The van der Waals surface area contributed by atoms with E-state index in [0.717, 1.165) is 35.4 Å². The van der Waals surface area contributed by atoms with Crippen LogP contribution < -0.4 is 5.73 Å². The number of unbranched alkanes of at least 4 members (excludes halogenated alkanes) is 1. The summed E-state index contributed by atoms with van der Waals surface area (Å²) in [5.41, 5.74) is 10.2. The fourth-order valence-corrected chi connectivity index (χ4v) is 2.63. The predicted molar refractivity (Wildman–Crippen MR) is 88.0 cm³/mol. The molecule has 0 aliphatic rings. The molecule has 2 aromatic carbocycles. The van der Waals surface area contributed by atoms with E-state index in [1.165, 1.54) is 11.9 Å². The molecule has 108 valence electrons. The van der Waals surface area contributed by atoms with Crippen molar-refractivity contribution in [2.75, 3.05) is 0 Å². The van der Waals surface area contributed by atoms with Crippen molar-refractivity contribution in [3.63, 3.8) is 0 Å². The Balaban J connectivity index is 2.10. The molecule has 3 aromatic rings. The average Bonchev–Trinajstić information content (AvgIpc) is 2.91. The second-order valence-corrected chi connectivity index (χ2v) is 5.33. The summed E-state index contributed by atoms with van der Waals surface area (Å²) in [6.07, 6.45) is 2.34. The van der Waals surface area contributed by atoms with Gasteiger partial charge in [0.05, 0.1) is 11.0 Å². The van der Waals surface area contributed by atoms with E-state index in [1.54, 1.807) is 0 Å². The maximum absolute atomic E-state index is 5.67. The smallest absolute Gasteiger partial charge is 0.141 e. The van der Waals surface area contributed by atoms with E-state index < -0.39 is 0 Å². The minimum absolute atomic E-state index is 0.576. The molecule has 0 aliphatic heterocycles. The van der Waals surface area contributed by atoms with Gasteiger partial charge in [-0.05, 0) is 24.1 Å². The van der Waals surface area contributed by atoms with Crippen LogP contribution in [0, 0.1) is 0 Å². The lowest BCUT2D eigenvalue weighted by Gasteiger charge is -2.09. The van der Waals surface area contributed by atoms with Gasteiger partial charge in [-0.1, -0.05) is 49.7 Å². The second-order valence-electron chi connectivity index (χ2n) is 5.33. The van der Waals surface area contributed by atoms with E-state index in [0.29, 0.717) is 6.54 Å². The van der Waals surface area contributed by atoms with Crippen molar-refractivity contribution in [3.05, 3.63) is 54.1 Å². The van der Waals surface area contributed by atoms with E-state index >= 15 is 0 Å². The van der Waals surface area contributed by atoms with Gasteiger partial charge in [-0.15, -0.1) is 0 Å². The van der Waals surface area contributed by atoms with E-state index in [4.69, 9.17) is 10.7 Å². The number of nitrogens with zero attached hydrogens (tertiary/aromatic N) is 2. The van der Waals surface area contributed by atoms with Crippen LogP contribution in [0.15, 0.2) is 48.5 Å². The normalized spacial score (nSPS) is 11.1. The van der Waals surface area contributed by atoms with Gasteiger partial charge in [0.2, 0.25) is 0 Å². The van der Waals surface area contributed by atoms with Gasteiger partial charge in [0, 0.05) is 18.7 Å². The van der Waals surface area contributed by atoms with E-state index in [9.17, 15) is 0 Å². The monoisotopic (exact) mass is 279 g/mol. The van der Waals surface area contributed by atoms with Crippen molar-refractivity contribution in [2.24, 2.45) is 5.73 Å². The van der Waals surface area contributed by atoms with Gasteiger partial charge in [0.15, 0.2) is 0 Å². The summed E-state index contributed by atoms with van der Waals surface area (Å²) >= 11 is 0. The number of aromatic nitrogens is 2. The third kappa shape index (κ3) is 2.69. The number of hydrogen-bond acceptors (Lipinski definition) is 2. The van der Waals surface area contributed by atoms with Crippen LogP contribution in [0.5, 0.6) is 0 Å². The predicted octanol–water partition coefficient (Wildman–Crippen LogP) is 3.96. The SMILES string of the molecule is CCCCn1c(-c2ccc(CN)cc2)nc2ccccc21. The van der Waals surface area contributed by atoms with Crippen LogP contribution in [-0.4, -0.2) is 9.55 Å². The lowest BCUT2D eigenvalue weighted by Crippen LogP contribution is -2.01. The summed E-state index contributed by atoms with van der Waals surface area (Å²) in [7, 11) is 0. The lowest BCUT2D eigenvalue weighted by molar-refractivity contribution is 0.651. The second kappa shape index (κ2) is 6.10. The summed E-state index contributed by atoms with van der Waals surface area (Å²) in [5.74, 6) is 1.05. The van der Waals surface area contributed by atoms with Gasteiger partial charge >= 0.3 is 0 Å². The Bertz CT molecular complexity index is 726. The molecule has 0 amide bonds. The molecule has 1 heterocycles. The number of para-hydroxylation sites is 2. The maximum Gasteiger partial charge on any atom is 0.141 e. The molecule has 0 radical (unpaired) electrons. The molecule has 3 nitrogen and oxygen atoms in total. The number of benzene rings is 2. The highest BCUT2D eigenvalue weighted by Gasteiger charge is 2.11. The zero-order valence-electron chi connectivity index (χ0n) is 12.4. The Hall–Kier alpha value is -2.13. The first-order valence-corrected chi connectivity index (χ1v) is 7.58. The fraction of sp³-hybridized carbons (Fsp3) is 0.278. The number of nitrogens with two attached hydrogens (primary N) is 1. The van der Waals surface area contributed by atoms with Crippen LogP contribution in [0.25, 0.3) is 22.4 Å². The summed E-state index contributed by atoms with van der Waals surface area (Å²) in [6.45, 7) is 3.80. The zero-order valence-corrected chi connectivity index (χ0v) is 12.4. The number of hydrogen-bond donors (Lipinski definition) is 1. The molecule has 21 heavy (non-hydrogen) atoms. The molecule has 0 bridgehead atoms. The highest BCUT2D eigenvalue weighted by Crippen LogP contribution is 2.25. The van der Waals surface area contributed by atoms with E-state index in [2.05, 4.69) is 54.0 Å². The van der Waals surface area contributed by atoms with Crippen LogP contribution in [-0.2, 0) is 13.1 Å². The summed E-state index contributed by atoms with van der Waals surface area (Å²) < 4.78 is 2.33. The van der Waals surface area contributed by atoms with Gasteiger partial charge in [-0.2, -0.15) is 0 Å². The maximum atomic E-state index is 5.67. The van der Waals surface area contributed by atoms with Crippen LogP contribution in [0.4, 0.5) is 0 Å². The van der Waals surface area contributed by atoms with E-state index in [-0.39, 0.29) is 0 Å². The molecule has 3 rings (SSSR count). The number of rotatable bonds is 5. The molecule has 0 spiro atoms. The van der Waals surface area contributed by atoms with E-state index in [1.807, 2.05) is 6.07 Å². The Morgan fingerprint density at radius 1 is 1.05 bits per heavy atom. The van der Waals surface area contributed by atoms with Crippen LogP contribution in [0.1, 0.15) is 25.3 Å². The van der Waals surface area contributed by atoms with Crippen LogP contribution >= 0.6 is 0 Å². The quantitative estimate of drug-likeness (QED) is 0.768. The topological polar surface area (TPSA) is 43.8 Å². The van der Waals surface area contributed by atoms with Gasteiger partial charge in [0.1, 0.15) is 5.82 Å². The van der Waals surface area contributed by atoms with Gasteiger partial charge in [-0.3, -0.25) is 0 Å².